The van der Waals surface area contributed by atoms with E-state index in [0.717, 1.165) is 23.2 Å². The van der Waals surface area contributed by atoms with Crippen LogP contribution in [0.2, 0.25) is 5.04 Å². The van der Waals surface area contributed by atoms with Gasteiger partial charge in [0.1, 0.15) is 29.2 Å². The molecule has 0 radical (unpaired) electrons. The van der Waals surface area contributed by atoms with Gasteiger partial charge < -0.3 is 28.5 Å². The van der Waals surface area contributed by atoms with Crippen molar-refractivity contribution in [1.82, 2.24) is 9.78 Å². The van der Waals surface area contributed by atoms with Crippen LogP contribution in [0.1, 0.15) is 92.8 Å². The van der Waals surface area contributed by atoms with Crippen LogP contribution < -0.4 is 10.4 Å². The number of carbonyl (C=O) groups excluding carboxylic acids is 2. The van der Waals surface area contributed by atoms with Crippen molar-refractivity contribution in [3.8, 4) is 0 Å². The summed E-state index contributed by atoms with van der Waals surface area (Å²) in [5.41, 5.74) is 0.0930. The zero-order valence-electron chi connectivity index (χ0n) is 27.2. The first-order chi connectivity index (χ1) is 22.2. The molecule has 1 saturated heterocycles. The number of carbonyl (C=O) groups is 2. The summed E-state index contributed by atoms with van der Waals surface area (Å²) in [5.74, 6) is -0.984. The minimum atomic E-state index is -3.08. The van der Waals surface area contributed by atoms with Gasteiger partial charge in [0.05, 0.1) is 19.8 Å². The van der Waals surface area contributed by atoms with Gasteiger partial charge >= 0.3 is 20.3 Å². The van der Waals surface area contributed by atoms with E-state index >= 15 is 0 Å². The zero-order chi connectivity index (χ0) is 32.9. The van der Waals surface area contributed by atoms with Crippen LogP contribution in [-0.2, 0) is 23.4 Å². The third kappa shape index (κ3) is 6.42. The minimum absolute atomic E-state index is 0.0406. The molecule has 0 amide bonds. The maximum atomic E-state index is 13.5. The summed E-state index contributed by atoms with van der Waals surface area (Å²) < 4.78 is 31.9. The van der Waals surface area contributed by atoms with Crippen molar-refractivity contribution in [3.63, 3.8) is 0 Å². The van der Waals surface area contributed by atoms with Crippen molar-refractivity contribution >= 4 is 30.6 Å². The van der Waals surface area contributed by atoms with Gasteiger partial charge in [-0.25, -0.2) is 14.3 Å². The van der Waals surface area contributed by atoms with Crippen molar-refractivity contribution < 1.29 is 38.1 Å². The van der Waals surface area contributed by atoms with Crippen LogP contribution in [0.4, 0.5) is 0 Å². The van der Waals surface area contributed by atoms with Gasteiger partial charge in [-0.15, -0.1) is 0 Å². The summed E-state index contributed by atoms with van der Waals surface area (Å²) in [7, 11) is -3.08. The lowest BCUT2D eigenvalue weighted by Crippen LogP contribution is -2.66. The Kier molecular flexibility index (Phi) is 10.5. The predicted octanol–water partition coefficient (Wildman–Crippen LogP) is 4.83. The third-order valence-electron chi connectivity index (χ3n) is 8.38. The van der Waals surface area contributed by atoms with Gasteiger partial charge in [0.25, 0.3) is 0 Å². The summed E-state index contributed by atoms with van der Waals surface area (Å²) in [4.78, 5) is 26.9. The number of hydrogen-bond donors (Lipinski definition) is 1. The van der Waals surface area contributed by atoms with Gasteiger partial charge in [-0.3, -0.25) is 0 Å². The molecular weight excluding hydrogens is 604 g/mol. The first kappa shape index (κ1) is 33.6. The molecule has 3 atom stereocenters. The Morgan fingerprint density at radius 1 is 0.957 bits per heavy atom. The van der Waals surface area contributed by atoms with Crippen LogP contribution in [-0.4, -0.2) is 67.7 Å². The number of esters is 2. The highest BCUT2D eigenvalue weighted by Gasteiger charge is 2.54. The predicted molar refractivity (Wildman–Crippen MR) is 174 cm³/mol. The molecule has 3 heterocycles. The largest absolute Gasteiger partial charge is 0.535 e. The molecule has 0 bridgehead atoms. The summed E-state index contributed by atoms with van der Waals surface area (Å²) >= 11 is 0. The number of aliphatic hydroxyl groups is 1. The SMILES string of the molecule is CCOC(=O)c1c([C@H]2C=C(O[Si](c3ccccc3)(c3ccccc3)C(C)(C)C)[C@@H](CO)O2)nn(C2CCCCO2)c1C(=O)OCC. The van der Waals surface area contributed by atoms with Crippen LogP contribution in [0.25, 0.3) is 0 Å². The van der Waals surface area contributed by atoms with Gasteiger partial charge in [-0.05, 0) is 54.6 Å². The number of aromatic nitrogens is 2. The average Bonchev–Trinajstić information content (AvgIpc) is 3.66. The van der Waals surface area contributed by atoms with E-state index in [1.165, 1.54) is 4.68 Å². The van der Waals surface area contributed by atoms with Gasteiger partial charge in [0.2, 0.25) is 0 Å². The maximum absolute atomic E-state index is 13.5. The Morgan fingerprint density at radius 3 is 2.09 bits per heavy atom. The number of aliphatic hydroxyl groups excluding tert-OH is 1. The van der Waals surface area contributed by atoms with E-state index in [1.807, 2.05) is 36.4 Å². The fraction of sp³-hybridized carbons (Fsp3) is 0.457. The first-order valence-corrected chi connectivity index (χ1v) is 17.9. The van der Waals surface area contributed by atoms with E-state index < -0.39 is 38.7 Å². The van der Waals surface area contributed by atoms with Crippen LogP contribution >= 0.6 is 0 Å². The monoisotopic (exact) mass is 648 g/mol. The lowest BCUT2D eigenvalue weighted by molar-refractivity contribution is -0.0429. The van der Waals surface area contributed by atoms with Crippen molar-refractivity contribution in [2.24, 2.45) is 0 Å². The van der Waals surface area contributed by atoms with Gasteiger partial charge in [0.15, 0.2) is 11.9 Å². The highest BCUT2D eigenvalue weighted by molar-refractivity contribution is 6.99. The number of nitrogens with zero attached hydrogens (tertiary/aromatic N) is 2. The van der Waals surface area contributed by atoms with Gasteiger partial charge in [-0.1, -0.05) is 81.4 Å². The average molecular weight is 649 g/mol. The van der Waals surface area contributed by atoms with Crippen molar-refractivity contribution in [2.75, 3.05) is 26.4 Å². The zero-order valence-corrected chi connectivity index (χ0v) is 28.2. The smallest absolute Gasteiger partial charge is 0.357 e. The number of benzene rings is 2. The lowest BCUT2D eigenvalue weighted by Gasteiger charge is -2.43. The van der Waals surface area contributed by atoms with Crippen LogP contribution in [0, 0.1) is 0 Å². The summed E-state index contributed by atoms with van der Waals surface area (Å²) in [6.45, 7) is 10.2. The lowest BCUT2D eigenvalue weighted by atomic mass is 10.1. The molecule has 3 aromatic rings. The Labute approximate surface area is 271 Å². The standard InChI is InChI=1S/C35H44N2O8Si/c1-6-41-33(39)30-31(36-37(29-20-14-15-21-43-29)32(30)34(40)42-7-2)27-22-26(28(23-38)44-27)45-46(35(3,4)5,24-16-10-8-11-17-24)25-18-12-9-13-19-25/h8-13,16-19,22,27-29,38H,6-7,14-15,20-21,23H2,1-5H3/t27-,28-,29?/m1/s1. The molecule has 2 aliphatic rings. The van der Waals surface area contributed by atoms with Crippen LogP contribution in [0.15, 0.2) is 72.5 Å². The highest BCUT2D eigenvalue weighted by Crippen LogP contribution is 2.42. The van der Waals surface area contributed by atoms with Crippen molar-refractivity contribution in [1.29, 1.82) is 0 Å². The molecule has 0 saturated carbocycles. The molecule has 11 heteroatoms. The number of rotatable bonds is 11. The second-order valence-electron chi connectivity index (χ2n) is 12.4. The van der Waals surface area contributed by atoms with E-state index in [-0.39, 0.29) is 41.8 Å². The molecule has 2 aromatic carbocycles. The topological polar surface area (TPSA) is 118 Å². The van der Waals surface area contributed by atoms with Crippen molar-refractivity contribution in [3.05, 3.63) is 89.5 Å². The first-order valence-electron chi connectivity index (χ1n) is 16.0. The minimum Gasteiger partial charge on any atom is -0.535 e. The molecule has 0 aliphatic carbocycles. The normalized spacial score (nSPS) is 20.2. The summed E-state index contributed by atoms with van der Waals surface area (Å²) in [5, 5.41) is 17.1. The summed E-state index contributed by atoms with van der Waals surface area (Å²) in [6.07, 6.45) is 1.79. The molecule has 1 unspecified atom stereocenters. The van der Waals surface area contributed by atoms with E-state index in [2.05, 4.69) is 45.0 Å². The second kappa shape index (κ2) is 14.3. The third-order valence-corrected chi connectivity index (χ3v) is 13.3. The fourth-order valence-corrected chi connectivity index (χ4v) is 10.8. The maximum Gasteiger partial charge on any atom is 0.357 e. The Bertz CT molecular complexity index is 1490. The summed E-state index contributed by atoms with van der Waals surface area (Å²) in [6, 6.07) is 20.3. The van der Waals surface area contributed by atoms with E-state index in [4.69, 9.17) is 28.5 Å². The van der Waals surface area contributed by atoms with Crippen LogP contribution in [0.5, 0.6) is 0 Å². The number of ether oxygens (including phenoxy) is 4. The molecule has 2 aliphatic heterocycles. The van der Waals surface area contributed by atoms with Crippen LogP contribution in [0.3, 0.4) is 0 Å². The quantitative estimate of drug-likeness (QED) is 0.231. The highest BCUT2D eigenvalue weighted by atomic mass is 28.4. The Hall–Kier alpha value is -3.77. The molecule has 46 heavy (non-hydrogen) atoms. The molecule has 1 fully saturated rings. The molecule has 0 spiro atoms. The van der Waals surface area contributed by atoms with E-state index in [9.17, 15) is 14.7 Å². The van der Waals surface area contributed by atoms with Gasteiger partial charge in [-0.2, -0.15) is 5.10 Å². The molecule has 1 N–H and O–H groups in total. The number of hydrogen-bond acceptors (Lipinski definition) is 9. The molecule has 1 aromatic heterocycles. The van der Waals surface area contributed by atoms with E-state index in [0.29, 0.717) is 18.8 Å². The Morgan fingerprint density at radius 2 is 1.57 bits per heavy atom. The van der Waals surface area contributed by atoms with Gasteiger partial charge in [0, 0.05) is 6.61 Å². The molecule has 246 valence electrons. The molecule has 10 nitrogen and oxygen atoms in total. The second-order valence-corrected chi connectivity index (χ2v) is 16.6. The Balaban J connectivity index is 1.67. The van der Waals surface area contributed by atoms with Crippen molar-refractivity contribution in [2.45, 2.75) is 77.4 Å². The molecular formula is C35H44N2O8Si. The molecule has 5 rings (SSSR count). The van der Waals surface area contributed by atoms with E-state index in [1.54, 1.807) is 19.9 Å². The fourth-order valence-electron chi connectivity index (χ4n) is 6.32.